The summed E-state index contributed by atoms with van der Waals surface area (Å²) >= 11 is 0. The van der Waals surface area contributed by atoms with Crippen LogP contribution in [-0.4, -0.2) is 35.8 Å². The molecule has 0 amide bonds. The third-order valence-electron chi connectivity index (χ3n) is 3.99. The molecule has 1 N–H and O–H groups in total. The molecular weight excluding hydrogens is 376 g/mol. The summed E-state index contributed by atoms with van der Waals surface area (Å²) in [7, 11) is 0.377. The van der Waals surface area contributed by atoms with Gasteiger partial charge in [-0.1, -0.05) is 6.92 Å². The van der Waals surface area contributed by atoms with Crippen LogP contribution in [-0.2, 0) is 10.8 Å². The molecule has 0 unspecified atom stereocenters. The molecule has 1 aromatic carbocycles. The van der Waals surface area contributed by atoms with Gasteiger partial charge in [-0.3, -0.25) is 0 Å². The molecule has 1 aliphatic rings. The van der Waals surface area contributed by atoms with E-state index in [1.165, 1.54) is 13.4 Å². The Morgan fingerprint density at radius 1 is 1.21 bits per heavy atom. The van der Waals surface area contributed by atoms with Crippen molar-refractivity contribution in [1.82, 2.24) is 9.97 Å². The van der Waals surface area contributed by atoms with Crippen molar-refractivity contribution in [3.63, 3.8) is 0 Å². The summed E-state index contributed by atoms with van der Waals surface area (Å²) in [4.78, 5) is 7.92. The van der Waals surface area contributed by atoms with Crippen molar-refractivity contribution in [2.75, 3.05) is 13.7 Å². The van der Waals surface area contributed by atoms with Gasteiger partial charge in [0.2, 0.25) is 0 Å². The number of halogens is 3. The molecule has 148 valence electrons. The molecule has 1 aliphatic heterocycles. The summed E-state index contributed by atoms with van der Waals surface area (Å²) in [5, 5.41) is 9.48. The number of hydrogen-bond donors (Lipinski definition) is 1. The minimum absolute atomic E-state index is 0.0423. The number of alkyl halides is 3. The van der Waals surface area contributed by atoms with Gasteiger partial charge in [-0.2, -0.15) is 13.2 Å². The average molecular weight is 394 g/mol. The van der Waals surface area contributed by atoms with Crippen LogP contribution in [0.2, 0.25) is 6.32 Å². The summed E-state index contributed by atoms with van der Waals surface area (Å²) in [6.07, 6.45) is -2.64. The number of ether oxygens (including phenoxy) is 2. The number of methoxy groups -OCH3 is 1. The van der Waals surface area contributed by atoms with Crippen LogP contribution in [0.15, 0.2) is 30.5 Å². The molecule has 2 aromatic rings. The number of aromatic nitrogens is 2. The van der Waals surface area contributed by atoms with E-state index in [1.807, 2.05) is 6.92 Å². The fourth-order valence-corrected chi connectivity index (χ4v) is 2.64. The standard InChI is InChI=1S/C18H18BF3N2O4/c1-3-6-27-15-7-11(4-5-14(15)26-2)17-23-13(12-9-19(25)28-10-12)8-16(24-17)18(20,21)22/h4-5,7-8,10,25H,3,6,9H2,1-2H3. The van der Waals surface area contributed by atoms with Crippen molar-refractivity contribution in [3.05, 3.63) is 41.9 Å². The smallest absolute Gasteiger partial charge is 0.527 e. The van der Waals surface area contributed by atoms with E-state index in [1.54, 1.807) is 18.2 Å². The number of nitrogens with zero attached hydrogens (tertiary/aromatic N) is 2. The van der Waals surface area contributed by atoms with Crippen molar-refractivity contribution < 1.29 is 32.3 Å². The molecule has 10 heteroatoms. The topological polar surface area (TPSA) is 73.7 Å². The van der Waals surface area contributed by atoms with Crippen molar-refractivity contribution in [2.24, 2.45) is 0 Å². The Kier molecular flexibility index (Phi) is 5.78. The van der Waals surface area contributed by atoms with E-state index < -0.39 is 19.0 Å². The van der Waals surface area contributed by atoms with Crippen molar-refractivity contribution in [1.29, 1.82) is 0 Å². The van der Waals surface area contributed by atoms with E-state index in [4.69, 9.17) is 14.1 Å². The molecule has 0 spiro atoms. The van der Waals surface area contributed by atoms with E-state index in [9.17, 15) is 18.2 Å². The largest absolute Gasteiger partial charge is 0.541 e. The highest BCUT2D eigenvalue weighted by Gasteiger charge is 2.35. The molecular formula is C18H18BF3N2O4. The van der Waals surface area contributed by atoms with Crippen LogP contribution >= 0.6 is 0 Å². The maximum Gasteiger partial charge on any atom is 0.527 e. The molecule has 2 heterocycles. The lowest BCUT2D eigenvalue weighted by molar-refractivity contribution is -0.141. The quantitative estimate of drug-likeness (QED) is 0.752. The van der Waals surface area contributed by atoms with Crippen LogP contribution in [0.25, 0.3) is 17.0 Å². The second-order valence-electron chi connectivity index (χ2n) is 6.11. The molecule has 0 radical (unpaired) electrons. The number of rotatable bonds is 6. The van der Waals surface area contributed by atoms with Gasteiger partial charge in [-0.25, -0.2) is 9.97 Å². The van der Waals surface area contributed by atoms with Crippen LogP contribution in [0.4, 0.5) is 13.2 Å². The van der Waals surface area contributed by atoms with Gasteiger partial charge < -0.3 is 19.2 Å². The fraction of sp³-hybridized carbons (Fsp3) is 0.333. The van der Waals surface area contributed by atoms with Crippen LogP contribution < -0.4 is 9.47 Å². The average Bonchev–Trinajstić information content (AvgIpc) is 3.11. The lowest BCUT2D eigenvalue weighted by atomic mass is 9.83. The van der Waals surface area contributed by atoms with Crippen molar-refractivity contribution in [2.45, 2.75) is 25.8 Å². The summed E-state index contributed by atoms with van der Waals surface area (Å²) in [6.45, 7) is 2.36. The number of hydrogen-bond acceptors (Lipinski definition) is 6. The third kappa shape index (κ3) is 4.38. The maximum absolute atomic E-state index is 13.4. The molecule has 0 saturated carbocycles. The Morgan fingerprint density at radius 2 is 2.00 bits per heavy atom. The van der Waals surface area contributed by atoms with E-state index in [0.717, 1.165) is 12.5 Å². The highest BCUT2D eigenvalue weighted by atomic mass is 19.4. The first kappa shape index (κ1) is 20.0. The van der Waals surface area contributed by atoms with Gasteiger partial charge >= 0.3 is 13.3 Å². The van der Waals surface area contributed by atoms with Gasteiger partial charge in [-0.15, -0.1) is 0 Å². The van der Waals surface area contributed by atoms with E-state index in [0.29, 0.717) is 29.2 Å². The Labute approximate surface area is 160 Å². The van der Waals surface area contributed by atoms with Crippen molar-refractivity contribution in [3.8, 4) is 22.9 Å². The van der Waals surface area contributed by atoms with Crippen LogP contribution in [0.1, 0.15) is 24.7 Å². The first-order valence-corrected chi connectivity index (χ1v) is 8.62. The fourth-order valence-electron chi connectivity index (χ4n) is 2.64. The molecule has 0 saturated heterocycles. The maximum atomic E-state index is 13.4. The van der Waals surface area contributed by atoms with E-state index in [-0.39, 0.29) is 17.8 Å². The van der Waals surface area contributed by atoms with Gasteiger partial charge in [-0.05, 0) is 30.7 Å². The lowest BCUT2D eigenvalue weighted by Gasteiger charge is -2.13. The van der Waals surface area contributed by atoms with Gasteiger partial charge in [0.15, 0.2) is 17.3 Å². The van der Waals surface area contributed by atoms with E-state index >= 15 is 0 Å². The molecule has 1 aromatic heterocycles. The van der Waals surface area contributed by atoms with Gasteiger partial charge in [0.25, 0.3) is 0 Å². The van der Waals surface area contributed by atoms with Gasteiger partial charge in [0.1, 0.15) is 5.69 Å². The predicted molar refractivity (Wildman–Crippen MR) is 96.6 cm³/mol. The monoisotopic (exact) mass is 394 g/mol. The lowest BCUT2D eigenvalue weighted by Crippen LogP contribution is -2.12. The van der Waals surface area contributed by atoms with Gasteiger partial charge in [0, 0.05) is 17.5 Å². The summed E-state index contributed by atoms with van der Waals surface area (Å²) in [5.74, 6) is 0.735. The zero-order chi connectivity index (χ0) is 20.3. The number of allylic oxidation sites excluding steroid dienone is 1. The molecule has 0 fully saturated rings. The first-order chi connectivity index (χ1) is 13.3. The molecule has 28 heavy (non-hydrogen) atoms. The zero-order valence-corrected chi connectivity index (χ0v) is 15.3. The van der Waals surface area contributed by atoms with Crippen LogP contribution in [0.5, 0.6) is 11.5 Å². The highest BCUT2D eigenvalue weighted by Crippen LogP contribution is 2.35. The van der Waals surface area contributed by atoms with Gasteiger partial charge in [0.05, 0.1) is 25.7 Å². The molecule has 6 nitrogen and oxygen atoms in total. The summed E-state index contributed by atoms with van der Waals surface area (Å²) in [5.41, 5.74) is -0.334. The highest BCUT2D eigenvalue weighted by molar-refractivity contribution is 6.47. The van der Waals surface area contributed by atoms with Crippen molar-refractivity contribution >= 4 is 12.7 Å². The Bertz CT molecular complexity index is 890. The van der Waals surface area contributed by atoms with E-state index in [2.05, 4.69) is 9.97 Å². The summed E-state index contributed by atoms with van der Waals surface area (Å²) < 4.78 is 55.8. The summed E-state index contributed by atoms with van der Waals surface area (Å²) in [6, 6.07) is 5.54. The Balaban J connectivity index is 2.08. The minimum atomic E-state index is -4.65. The Hall–Kier alpha value is -2.75. The second kappa shape index (κ2) is 8.09. The van der Waals surface area contributed by atoms with Crippen LogP contribution in [0, 0.1) is 0 Å². The molecule has 0 aliphatic carbocycles. The minimum Gasteiger partial charge on any atom is -0.541 e. The van der Waals surface area contributed by atoms with Crippen LogP contribution in [0.3, 0.4) is 0 Å². The third-order valence-corrected chi connectivity index (χ3v) is 3.99. The molecule has 0 atom stereocenters. The second-order valence-corrected chi connectivity index (χ2v) is 6.11. The number of benzene rings is 1. The predicted octanol–water partition coefficient (Wildman–Crippen LogP) is 3.81. The SMILES string of the molecule is CCCOc1cc(-c2nc(C3=COB(O)C3)cc(C(F)(F)F)n2)ccc1OC. The molecule has 3 rings (SSSR count). The zero-order valence-electron chi connectivity index (χ0n) is 15.3. The first-order valence-electron chi connectivity index (χ1n) is 8.62. The normalized spacial score (nSPS) is 13.9. The molecule has 0 bridgehead atoms. The Morgan fingerprint density at radius 3 is 2.61 bits per heavy atom.